The van der Waals surface area contributed by atoms with Crippen molar-refractivity contribution in [1.29, 1.82) is 0 Å². The molecule has 0 spiro atoms. The van der Waals surface area contributed by atoms with Gasteiger partial charge in [-0.25, -0.2) is 17.2 Å². The molecule has 2 aliphatic heterocycles. The van der Waals surface area contributed by atoms with E-state index in [1.54, 1.807) is 12.1 Å². The van der Waals surface area contributed by atoms with Gasteiger partial charge in [-0.2, -0.15) is 0 Å². The number of halogens is 3. The van der Waals surface area contributed by atoms with Crippen LogP contribution in [0.25, 0.3) is 0 Å². The van der Waals surface area contributed by atoms with E-state index >= 15 is 0 Å². The predicted molar refractivity (Wildman–Crippen MR) is 123 cm³/mol. The molecule has 0 unspecified atom stereocenters. The molecule has 6 nitrogen and oxygen atoms in total. The summed E-state index contributed by atoms with van der Waals surface area (Å²) in [6.45, 7) is 3.25. The third kappa shape index (κ3) is 4.73. The lowest BCUT2D eigenvalue weighted by molar-refractivity contribution is -0.135. The Bertz CT molecular complexity index is 1030. The van der Waals surface area contributed by atoms with Gasteiger partial charge in [-0.1, -0.05) is 11.6 Å². The minimum atomic E-state index is -3.72. The molecule has 5 rings (SSSR count). The highest BCUT2D eigenvalue weighted by atomic mass is 35.5. The van der Waals surface area contributed by atoms with Crippen molar-refractivity contribution in [3.63, 3.8) is 0 Å². The first-order valence-corrected chi connectivity index (χ1v) is 13.8. The maximum absolute atomic E-state index is 13.5. The quantitative estimate of drug-likeness (QED) is 0.618. The summed E-state index contributed by atoms with van der Waals surface area (Å²) < 4.78 is 53.6. The average Bonchev–Trinajstić information content (AvgIpc) is 3.39. The number of carbonyl (C=O) groups is 1. The van der Waals surface area contributed by atoms with Gasteiger partial charge in [0.25, 0.3) is 5.92 Å². The fraction of sp³-hybridized carbons (Fsp3) is 0.696. The molecule has 33 heavy (non-hydrogen) atoms. The van der Waals surface area contributed by atoms with Gasteiger partial charge >= 0.3 is 0 Å². The van der Waals surface area contributed by atoms with Gasteiger partial charge in [0.1, 0.15) is 0 Å². The summed E-state index contributed by atoms with van der Waals surface area (Å²) in [5, 5.41) is -0.522. The van der Waals surface area contributed by atoms with E-state index in [2.05, 4.69) is 9.80 Å². The van der Waals surface area contributed by atoms with E-state index in [-0.39, 0.29) is 35.2 Å². The van der Waals surface area contributed by atoms with E-state index in [0.29, 0.717) is 12.8 Å². The lowest BCUT2D eigenvalue weighted by Gasteiger charge is -2.36. The molecule has 4 fully saturated rings. The average molecular weight is 502 g/mol. The summed E-state index contributed by atoms with van der Waals surface area (Å²) in [6, 6.07) is 5.86. The number of sulfone groups is 1. The van der Waals surface area contributed by atoms with Crippen molar-refractivity contribution in [2.75, 3.05) is 44.2 Å². The SMILES string of the molecule is O=C([C@@H]1CC[C@@H](S(=O)(=O)c2ccc(N3CCN(C4CC4)CC3)cc2Cl)C1)N1CCC(F)(F)C1. The van der Waals surface area contributed by atoms with E-state index in [1.165, 1.54) is 17.7 Å². The maximum atomic E-state index is 13.5. The smallest absolute Gasteiger partial charge is 0.267 e. The fourth-order valence-electron chi connectivity index (χ4n) is 5.51. The Morgan fingerprint density at radius 2 is 1.76 bits per heavy atom. The van der Waals surface area contributed by atoms with Gasteiger partial charge in [0.05, 0.1) is 21.7 Å². The maximum Gasteiger partial charge on any atom is 0.267 e. The topological polar surface area (TPSA) is 60.9 Å². The van der Waals surface area contributed by atoms with Crippen molar-refractivity contribution < 1.29 is 22.0 Å². The van der Waals surface area contributed by atoms with Crippen LogP contribution in [0.4, 0.5) is 14.5 Å². The molecule has 0 radical (unpaired) electrons. The summed E-state index contributed by atoms with van der Waals surface area (Å²) in [4.78, 5) is 18.7. The molecular weight excluding hydrogens is 472 g/mol. The summed E-state index contributed by atoms with van der Waals surface area (Å²) in [5.74, 6) is -3.73. The largest absolute Gasteiger partial charge is 0.369 e. The second-order valence-corrected chi connectivity index (χ2v) is 12.5. The van der Waals surface area contributed by atoms with E-state index in [0.717, 1.165) is 37.9 Å². The van der Waals surface area contributed by atoms with Gasteiger partial charge in [0.2, 0.25) is 5.91 Å². The number of carbonyl (C=O) groups excluding carboxylic acids is 1. The molecule has 1 aromatic rings. The van der Waals surface area contributed by atoms with Crippen molar-refractivity contribution in [3.05, 3.63) is 23.2 Å². The van der Waals surface area contributed by atoms with E-state index in [9.17, 15) is 22.0 Å². The van der Waals surface area contributed by atoms with E-state index in [1.807, 2.05) is 6.07 Å². The second kappa shape index (κ2) is 8.64. The Labute approximate surface area is 198 Å². The number of hydrogen-bond donors (Lipinski definition) is 0. The van der Waals surface area contributed by atoms with Crippen LogP contribution in [-0.4, -0.2) is 80.6 Å². The van der Waals surface area contributed by atoms with Crippen LogP contribution in [0, 0.1) is 5.92 Å². The molecule has 4 aliphatic rings. The predicted octanol–water partition coefficient (Wildman–Crippen LogP) is 3.43. The van der Waals surface area contributed by atoms with Crippen LogP contribution in [0.2, 0.25) is 5.02 Å². The van der Waals surface area contributed by atoms with Crippen molar-refractivity contribution in [3.8, 4) is 0 Å². The molecule has 10 heteroatoms. The molecule has 182 valence electrons. The zero-order valence-corrected chi connectivity index (χ0v) is 20.1. The number of amides is 1. The van der Waals surface area contributed by atoms with Gasteiger partial charge in [-0.3, -0.25) is 9.69 Å². The Morgan fingerprint density at radius 3 is 2.36 bits per heavy atom. The summed E-state index contributed by atoms with van der Waals surface area (Å²) in [5.41, 5.74) is 0.920. The zero-order valence-electron chi connectivity index (χ0n) is 18.6. The standard InChI is InChI=1S/C23H30ClF2N3O3S/c24-20-14-18(28-11-9-27(10-12-28)17-2-3-17)4-6-21(20)33(31,32)19-5-1-16(13-19)22(30)29-8-7-23(25,26)15-29/h4,6,14,16-17,19H,1-3,5,7-13,15H2/t16-,19-/m1/s1. The van der Waals surface area contributed by atoms with Crippen LogP contribution in [0.5, 0.6) is 0 Å². The van der Waals surface area contributed by atoms with Crippen LogP contribution in [0.15, 0.2) is 23.1 Å². The first kappa shape index (κ1) is 23.3. The molecule has 2 saturated heterocycles. The summed E-state index contributed by atoms with van der Waals surface area (Å²) in [7, 11) is -3.72. The molecule has 2 atom stereocenters. The highest BCUT2D eigenvalue weighted by Crippen LogP contribution is 2.39. The number of hydrogen-bond acceptors (Lipinski definition) is 5. The Hall–Kier alpha value is -1.45. The minimum Gasteiger partial charge on any atom is -0.369 e. The minimum absolute atomic E-state index is 0.0297. The van der Waals surface area contributed by atoms with E-state index < -0.39 is 33.5 Å². The molecular formula is C23H30ClF2N3O3S. The molecule has 1 amide bonds. The number of rotatable bonds is 5. The molecule has 0 aromatic heterocycles. The van der Waals surface area contributed by atoms with Gasteiger partial charge in [0, 0.05) is 56.8 Å². The lowest BCUT2D eigenvalue weighted by Crippen LogP contribution is -2.47. The van der Waals surface area contributed by atoms with Crippen molar-refractivity contribution in [2.24, 2.45) is 5.92 Å². The Balaban J connectivity index is 1.24. The van der Waals surface area contributed by atoms with Crippen molar-refractivity contribution >= 4 is 33.0 Å². The molecule has 2 heterocycles. The number of likely N-dealkylation sites (tertiary alicyclic amines) is 1. The number of alkyl halides is 2. The Kier molecular flexibility index (Phi) is 6.10. The van der Waals surface area contributed by atoms with Crippen LogP contribution < -0.4 is 4.90 Å². The van der Waals surface area contributed by atoms with Crippen molar-refractivity contribution in [2.45, 2.75) is 60.6 Å². The molecule has 1 aromatic carbocycles. The Morgan fingerprint density at radius 1 is 1.03 bits per heavy atom. The van der Waals surface area contributed by atoms with Gasteiger partial charge in [-0.15, -0.1) is 0 Å². The molecule has 0 N–H and O–H groups in total. The monoisotopic (exact) mass is 501 g/mol. The number of piperazine rings is 1. The highest BCUT2D eigenvalue weighted by molar-refractivity contribution is 7.92. The number of anilines is 1. The molecule has 2 saturated carbocycles. The van der Waals surface area contributed by atoms with Gasteiger partial charge in [0.15, 0.2) is 9.84 Å². The first-order valence-electron chi connectivity index (χ1n) is 11.8. The van der Waals surface area contributed by atoms with Crippen molar-refractivity contribution in [1.82, 2.24) is 9.80 Å². The normalized spacial score (nSPS) is 28.5. The number of nitrogens with zero attached hydrogens (tertiary/aromatic N) is 3. The van der Waals surface area contributed by atoms with E-state index in [4.69, 9.17) is 11.6 Å². The highest BCUT2D eigenvalue weighted by Gasteiger charge is 2.45. The van der Waals surface area contributed by atoms with Crippen LogP contribution in [0.1, 0.15) is 38.5 Å². The lowest BCUT2D eigenvalue weighted by atomic mass is 10.1. The fourth-order valence-corrected chi connectivity index (χ4v) is 7.89. The van der Waals surface area contributed by atoms with Gasteiger partial charge in [-0.05, 0) is 50.3 Å². The van der Waals surface area contributed by atoms with Crippen LogP contribution in [0.3, 0.4) is 0 Å². The third-order valence-electron chi connectivity index (χ3n) is 7.62. The second-order valence-electron chi connectivity index (χ2n) is 9.91. The third-order valence-corrected chi connectivity index (χ3v) is 10.3. The van der Waals surface area contributed by atoms with Crippen LogP contribution in [-0.2, 0) is 14.6 Å². The molecule has 0 bridgehead atoms. The summed E-state index contributed by atoms with van der Waals surface area (Å²) >= 11 is 6.46. The van der Waals surface area contributed by atoms with Crippen LogP contribution >= 0.6 is 11.6 Å². The number of benzene rings is 1. The van der Waals surface area contributed by atoms with Gasteiger partial charge < -0.3 is 9.80 Å². The first-order chi connectivity index (χ1) is 15.6. The molecule has 2 aliphatic carbocycles. The zero-order chi connectivity index (χ0) is 23.4. The summed E-state index contributed by atoms with van der Waals surface area (Å²) in [6.07, 6.45) is 3.14.